The Labute approximate surface area is 146 Å². The molecule has 1 atom stereocenters. The topological polar surface area (TPSA) is 98.5 Å². The third-order valence-corrected chi connectivity index (χ3v) is 4.31. The standard InChI is InChI=1S/C15H13ClN2O5S/c1-8-3-6-13(24-8)15(20)23-9(2)14(19)17-12-5-4-10(18(21)22)7-11(12)16/h3-7,9H,1-2H3,(H,17,19). The lowest BCUT2D eigenvalue weighted by Gasteiger charge is -2.13. The summed E-state index contributed by atoms with van der Waals surface area (Å²) in [7, 11) is 0. The average Bonchev–Trinajstić information content (AvgIpc) is 2.95. The number of nitro benzene ring substituents is 1. The van der Waals surface area contributed by atoms with E-state index in [4.69, 9.17) is 16.3 Å². The van der Waals surface area contributed by atoms with E-state index in [0.717, 1.165) is 10.9 Å². The highest BCUT2D eigenvalue weighted by Crippen LogP contribution is 2.27. The van der Waals surface area contributed by atoms with Crippen molar-refractivity contribution >= 4 is 46.2 Å². The second kappa shape index (κ2) is 7.41. The molecule has 0 bridgehead atoms. The molecule has 1 aromatic heterocycles. The molecular weight excluding hydrogens is 356 g/mol. The molecule has 126 valence electrons. The van der Waals surface area contributed by atoms with Gasteiger partial charge in [-0.1, -0.05) is 11.6 Å². The minimum atomic E-state index is -1.05. The number of esters is 1. The Morgan fingerprint density at radius 1 is 1.33 bits per heavy atom. The maximum absolute atomic E-state index is 12.1. The van der Waals surface area contributed by atoms with Crippen LogP contribution in [-0.4, -0.2) is 22.9 Å². The lowest BCUT2D eigenvalue weighted by Crippen LogP contribution is -2.29. The predicted octanol–water partition coefficient (Wildman–Crippen LogP) is 3.80. The molecule has 0 aliphatic rings. The molecule has 0 spiro atoms. The van der Waals surface area contributed by atoms with E-state index < -0.39 is 22.9 Å². The number of hydrogen-bond donors (Lipinski definition) is 1. The van der Waals surface area contributed by atoms with Crippen molar-refractivity contribution in [1.29, 1.82) is 0 Å². The van der Waals surface area contributed by atoms with E-state index in [1.807, 2.05) is 6.92 Å². The van der Waals surface area contributed by atoms with Crippen molar-refractivity contribution in [2.45, 2.75) is 20.0 Å². The maximum atomic E-state index is 12.1. The van der Waals surface area contributed by atoms with Crippen molar-refractivity contribution in [2.75, 3.05) is 5.32 Å². The van der Waals surface area contributed by atoms with E-state index in [0.29, 0.717) is 4.88 Å². The fourth-order valence-electron chi connectivity index (χ4n) is 1.77. The van der Waals surface area contributed by atoms with Gasteiger partial charge >= 0.3 is 5.97 Å². The minimum absolute atomic E-state index is 0.0185. The number of aryl methyl sites for hydroxylation is 1. The number of hydrogen-bond acceptors (Lipinski definition) is 6. The van der Waals surface area contributed by atoms with Gasteiger partial charge in [0.2, 0.25) is 0 Å². The molecule has 0 radical (unpaired) electrons. The molecule has 1 heterocycles. The molecule has 0 aliphatic heterocycles. The normalized spacial score (nSPS) is 11.6. The summed E-state index contributed by atoms with van der Waals surface area (Å²) in [5.74, 6) is -1.18. The van der Waals surface area contributed by atoms with E-state index >= 15 is 0 Å². The zero-order chi connectivity index (χ0) is 17.9. The van der Waals surface area contributed by atoms with Crippen LogP contribution < -0.4 is 5.32 Å². The number of rotatable bonds is 5. The SMILES string of the molecule is Cc1ccc(C(=O)OC(C)C(=O)Nc2ccc([N+](=O)[O-])cc2Cl)s1. The van der Waals surface area contributed by atoms with Crippen molar-refractivity contribution in [3.63, 3.8) is 0 Å². The number of benzene rings is 1. The highest BCUT2D eigenvalue weighted by atomic mass is 35.5. The Morgan fingerprint density at radius 2 is 2.04 bits per heavy atom. The molecule has 7 nitrogen and oxygen atoms in total. The molecule has 9 heteroatoms. The van der Waals surface area contributed by atoms with E-state index in [1.54, 1.807) is 12.1 Å². The van der Waals surface area contributed by atoms with Gasteiger partial charge in [-0.2, -0.15) is 0 Å². The number of amides is 1. The van der Waals surface area contributed by atoms with Crippen LogP contribution in [0.4, 0.5) is 11.4 Å². The van der Waals surface area contributed by atoms with Crippen molar-refractivity contribution in [3.8, 4) is 0 Å². The molecule has 0 saturated carbocycles. The second-order valence-corrected chi connectivity index (χ2v) is 6.56. The van der Waals surface area contributed by atoms with Crippen LogP contribution >= 0.6 is 22.9 Å². The van der Waals surface area contributed by atoms with Crippen molar-refractivity contribution in [3.05, 3.63) is 55.2 Å². The zero-order valence-corrected chi connectivity index (χ0v) is 14.3. The first-order valence-corrected chi connectivity index (χ1v) is 7.99. The first-order valence-electron chi connectivity index (χ1n) is 6.80. The van der Waals surface area contributed by atoms with Crippen molar-refractivity contribution in [1.82, 2.24) is 0 Å². The molecule has 0 fully saturated rings. The number of anilines is 1. The van der Waals surface area contributed by atoms with Crippen LogP contribution in [0, 0.1) is 17.0 Å². The van der Waals surface area contributed by atoms with Crippen LogP contribution in [0.5, 0.6) is 0 Å². The summed E-state index contributed by atoms with van der Waals surface area (Å²) in [6.07, 6.45) is -1.05. The van der Waals surface area contributed by atoms with Gasteiger partial charge in [0.1, 0.15) is 4.88 Å². The Bertz CT molecular complexity index is 805. The number of thiophene rings is 1. The number of nitrogens with one attached hydrogen (secondary N) is 1. The van der Waals surface area contributed by atoms with E-state index in [1.165, 1.54) is 30.4 Å². The lowest BCUT2D eigenvalue weighted by atomic mass is 10.2. The first kappa shape index (κ1) is 17.9. The second-order valence-electron chi connectivity index (χ2n) is 4.87. The van der Waals surface area contributed by atoms with Gasteiger partial charge in [0, 0.05) is 17.0 Å². The summed E-state index contributed by atoms with van der Waals surface area (Å²) in [5, 5.41) is 13.1. The summed E-state index contributed by atoms with van der Waals surface area (Å²) >= 11 is 7.17. The average molecular weight is 369 g/mol. The van der Waals surface area contributed by atoms with Gasteiger partial charge in [0.25, 0.3) is 11.6 Å². The summed E-state index contributed by atoms with van der Waals surface area (Å²) in [4.78, 5) is 35.4. The highest BCUT2D eigenvalue weighted by molar-refractivity contribution is 7.13. The van der Waals surface area contributed by atoms with E-state index in [2.05, 4.69) is 5.32 Å². The minimum Gasteiger partial charge on any atom is -0.448 e. The molecule has 24 heavy (non-hydrogen) atoms. The zero-order valence-electron chi connectivity index (χ0n) is 12.7. The lowest BCUT2D eigenvalue weighted by molar-refractivity contribution is -0.384. The Morgan fingerprint density at radius 3 is 2.58 bits per heavy atom. The van der Waals surface area contributed by atoms with Gasteiger partial charge in [0.05, 0.1) is 15.6 Å². The quantitative estimate of drug-likeness (QED) is 0.491. The number of non-ortho nitro benzene ring substituents is 1. The Balaban J connectivity index is 2.01. The molecule has 2 rings (SSSR count). The molecule has 2 aromatic rings. The molecule has 0 saturated heterocycles. The number of carbonyl (C=O) groups excluding carboxylic acids is 2. The number of ether oxygens (including phenoxy) is 1. The maximum Gasteiger partial charge on any atom is 0.349 e. The van der Waals surface area contributed by atoms with Gasteiger partial charge in [-0.15, -0.1) is 11.3 Å². The molecule has 0 aliphatic carbocycles. The molecule has 1 unspecified atom stereocenters. The van der Waals surface area contributed by atoms with Gasteiger partial charge in [-0.25, -0.2) is 4.79 Å². The van der Waals surface area contributed by atoms with Crippen LogP contribution in [0.15, 0.2) is 30.3 Å². The Hall–Kier alpha value is -2.45. The Kier molecular flexibility index (Phi) is 5.53. The number of carbonyl (C=O) groups is 2. The van der Waals surface area contributed by atoms with Gasteiger partial charge < -0.3 is 10.1 Å². The molecular formula is C15H13ClN2O5S. The first-order chi connectivity index (χ1) is 11.3. The third-order valence-electron chi connectivity index (χ3n) is 3.02. The van der Waals surface area contributed by atoms with Crippen LogP contribution in [-0.2, 0) is 9.53 Å². The summed E-state index contributed by atoms with van der Waals surface area (Å²) < 4.78 is 5.09. The smallest absolute Gasteiger partial charge is 0.349 e. The molecule has 1 N–H and O–H groups in total. The van der Waals surface area contributed by atoms with Gasteiger partial charge in [-0.05, 0) is 32.0 Å². The monoisotopic (exact) mass is 368 g/mol. The fourth-order valence-corrected chi connectivity index (χ4v) is 2.74. The number of nitrogens with zero attached hydrogens (tertiary/aromatic N) is 1. The summed E-state index contributed by atoms with van der Waals surface area (Å²) in [5.41, 5.74) is 0.00711. The molecule has 1 aromatic carbocycles. The third kappa shape index (κ3) is 4.30. The van der Waals surface area contributed by atoms with Crippen LogP contribution in [0.3, 0.4) is 0 Å². The van der Waals surface area contributed by atoms with Crippen LogP contribution in [0.2, 0.25) is 5.02 Å². The number of halogens is 1. The van der Waals surface area contributed by atoms with Gasteiger partial charge in [-0.3, -0.25) is 14.9 Å². The summed E-state index contributed by atoms with van der Waals surface area (Å²) in [6.45, 7) is 3.28. The van der Waals surface area contributed by atoms with Crippen LogP contribution in [0.1, 0.15) is 21.5 Å². The molecule has 1 amide bonds. The van der Waals surface area contributed by atoms with E-state index in [-0.39, 0.29) is 16.4 Å². The van der Waals surface area contributed by atoms with Crippen molar-refractivity contribution < 1.29 is 19.2 Å². The largest absolute Gasteiger partial charge is 0.448 e. The predicted molar refractivity (Wildman–Crippen MR) is 90.7 cm³/mol. The fraction of sp³-hybridized carbons (Fsp3) is 0.200. The van der Waals surface area contributed by atoms with Gasteiger partial charge in [0.15, 0.2) is 6.10 Å². The van der Waals surface area contributed by atoms with Crippen LogP contribution in [0.25, 0.3) is 0 Å². The highest BCUT2D eigenvalue weighted by Gasteiger charge is 2.21. The van der Waals surface area contributed by atoms with Crippen molar-refractivity contribution in [2.24, 2.45) is 0 Å². The number of nitro groups is 1. The summed E-state index contributed by atoms with van der Waals surface area (Å²) in [6, 6.07) is 7.06. The van der Waals surface area contributed by atoms with E-state index in [9.17, 15) is 19.7 Å².